The van der Waals surface area contributed by atoms with E-state index in [4.69, 9.17) is 16.3 Å². The Labute approximate surface area is 152 Å². The number of hydrogen-bond donors (Lipinski definition) is 0. The fourth-order valence-electron chi connectivity index (χ4n) is 3.70. The normalized spacial score (nSPS) is 24.0. The van der Waals surface area contributed by atoms with Crippen molar-refractivity contribution < 1.29 is 9.53 Å². The zero-order chi connectivity index (χ0) is 17.2. The number of amides is 1. The quantitative estimate of drug-likeness (QED) is 0.829. The molecule has 5 nitrogen and oxygen atoms in total. The second-order valence-electron chi connectivity index (χ2n) is 6.50. The highest BCUT2D eigenvalue weighted by molar-refractivity contribution is 6.30. The lowest BCUT2D eigenvalue weighted by Crippen LogP contribution is -2.60. The highest BCUT2D eigenvalue weighted by Gasteiger charge is 2.37. The van der Waals surface area contributed by atoms with E-state index in [1.165, 1.54) is 11.8 Å². The minimum atomic E-state index is -0.0171. The van der Waals surface area contributed by atoms with Crippen molar-refractivity contribution in [3.8, 4) is 0 Å². The SMILES string of the molecule is O=C(c1cncc(Cl)c1)N1CCN2[C@@H](COC[C@@H]2c2ccccc2)C1. The van der Waals surface area contributed by atoms with E-state index >= 15 is 0 Å². The number of nitrogens with zero attached hydrogens (tertiary/aromatic N) is 3. The van der Waals surface area contributed by atoms with Crippen molar-refractivity contribution in [3.05, 3.63) is 64.9 Å². The molecule has 2 fully saturated rings. The molecule has 2 aliphatic rings. The highest BCUT2D eigenvalue weighted by atomic mass is 35.5. The van der Waals surface area contributed by atoms with Crippen LogP contribution in [0.2, 0.25) is 5.02 Å². The van der Waals surface area contributed by atoms with E-state index in [-0.39, 0.29) is 18.0 Å². The molecule has 2 atom stereocenters. The summed E-state index contributed by atoms with van der Waals surface area (Å²) in [5, 5.41) is 0.481. The third kappa shape index (κ3) is 3.40. The first-order chi connectivity index (χ1) is 12.2. The number of rotatable bonds is 2. The van der Waals surface area contributed by atoms with Crippen LogP contribution in [0.1, 0.15) is 22.0 Å². The molecule has 25 heavy (non-hydrogen) atoms. The van der Waals surface area contributed by atoms with E-state index in [1.54, 1.807) is 12.3 Å². The van der Waals surface area contributed by atoms with E-state index in [1.807, 2.05) is 11.0 Å². The Morgan fingerprint density at radius 1 is 1.16 bits per heavy atom. The molecule has 0 aliphatic carbocycles. The summed E-state index contributed by atoms with van der Waals surface area (Å²) in [6, 6.07) is 12.6. The molecule has 0 unspecified atom stereocenters. The molecule has 4 rings (SSSR count). The lowest BCUT2D eigenvalue weighted by Gasteiger charge is -2.48. The average Bonchev–Trinajstić information content (AvgIpc) is 2.67. The third-order valence-corrected chi connectivity index (χ3v) is 5.14. The van der Waals surface area contributed by atoms with Gasteiger partial charge in [-0.1, -0.05) is 41.9 Å². The molecule has 1 aromatic carbocycles. The molecular weight excluding hydrogens is 338 g/mol. The number of aromatic nitrogens is 1. The molecule has 130 valence electrons. The van der Waals surface area contributed by atoms with Crippen LogP contribution in [0.5, 0.6) is 0 Å². The second-order valence-corrected chi connectivity index (χ2v) is 6.94. The number of pyridine rings is 1. The average molecular weight is 358 g/mol. The first kappa shape index (κ1) is 16.5. The van der Waals surface area contributed by atoms with Crippen molar-refractivity contribution in [1.82, 2.24) is 14.8 Å². The summed E-state index contributed by atoms with van der Waals surface area (Å²) in [7, 11) is 0. The Morgan fingerprint density at radius 2 is 2.00 bits per heavy atom. The van der Waals surface area contributed by atoms with Crippen LogP contribution >= 0.6 is 11.6 Å². The van der Waals surface area contributed by atoms with Gasteiger partial charge in [-0.05, 0) is 11.6 Å². The van der Waals surface area contributed by atoms with Gasteiger partial charge in [0.25, 0.3) is 5.91 Å². The van der Waals surface area contributed by atoms with Gasteiger partial charge >= 0.3 is 0 Å². The molecule has 2 aromatic rings. The molecule has 1 aromatic heterocycles. The Kier molecular flexibility index (Phi) is 4.70. The first-order valence-electron chi connectivity index (χ1n) is 8.50. The van der Waals surface area contributed by atoms with Crippen LogP contribution in [0.3, 0.4) is 0 Å². The summed E-state index contributed by atoms with van der Waals surface area (Å²) < 4.78 is 5.85. The fraction of sp³-hybridized carbons (Fsp3) is 0.368. The van der Waals surface area contributed by atoms with Gasteiger partial charge < -0.3 is 9.64 Å². The maximum Gasteiger partial charge on any atom is 0.255 e. The van der Waals surface area contributed by atoms with Crippen LogP contribution in [0.15, 0.2) is 48.8 Å². The molecule has 0 bridgehead atoms. The van der Waals surface area contributed by atoms with Gasteiger partial charge in [-0.25, -0.2) is 0 Å². The van der Waals surface area contributed by atoms with Crippen molar-refractivity contribution in [2.75, 3.05) is 32.8 Å². The van der Waals surface area contributed by atoms with Crippen molar-refractivity contribution >= 4 is 17.5 Å². The minimum absolute atomic E-state index is 0.0171. The van der Waals surface area contributed by atoms with Gasteiger partial charge in [-0.3, -0.25) is 14.7 Å². The number of piperazine rings is 1. The van der Waals surface area contributed by atoms with Crippen molar-refractivity contribution in [3.63, 3.8) is 0 Å². The van der Waals surface area contributed by atoms with Crippen molar-refractivity contribution in [2.24, 2.45) is 0 Å². The molecule has 1 amide bonds. The number of ether oxygens (including phenoxy) is 1. The summed E-state index contributed by atoms with van der Waals surface area (Å²) in [5.41, 5.74) is 1.81. The maximum atomic E-state index is 12.7. The number of halogens is 1. The summed E-state index contributed by atoms with van der Waals surface area (Å²) in [4.78, 5) is 21.1. The summed E-state index contributed by atoms with van der Waals surface area (Å²) >= 11 is 5.96. The predicted octanol–water partition coefficient (Wildman–Crippen LogP) is 2.63. The Hall–Kier alpha value is -1.95. The Morgan fingerprint density at radius 3 is 2.80 bits per heavy atom. The lowest BCUT2D eigenvalue weighted by atomic mass is 10.00. The largest absolute Gasteiger partial charge is 0.378 e. The van der Waals surface area contributed by atoms with E-state index in [9.17, 15) is 4.79 Å². The smallest absolute Gasteiger partial charge is 0.255 e. The number of benzene rings is 1. The summed E-state index contributed by atoms with van der Waals surface area (Å²) in [5.74, 6) is -0.0171. The lowest BCUT2D eigenvalue weighted by molar-refractivity contribution is -0.0770. The molecule has 3 heterocycles. The highest BCUT2D eigenvalue weighted by Crippen LogP contribution is 2.30. The van der Waals surface area contributed by atoms with E-state index in [0.717, 1.165) is 6.54 Å². The van der Waals surface area contributed by atoms with Crippen molar-refractivity contribution in [2.45, 2.75) is 12.1 Å². The van der Waals surface area contributed by atoms with Gasteiger partial charge in [0.1, 0.15) is 0 Å². The van der Waals surface area contributed by atoms with Gasteiger partial charge in [0.2, 0.25) is 0 Å². The van der Waals surface area contributed by atoms with E-state index in [2.05, 4.69) is 34.1 Å². The second kappa shape index (κ2) is 7.12. The van der Waals surface area contributed by atoms with Crippen LogP contribution in [0.25, 0.3) is 0 Å². The molecule has 6 heteroatoms. The predicted molar refractivity (Wildman–Crippen MR) is 95.6 cm³/mol. The van der Waals surface area contributed by atoms with Gasteiger partial charge in [0.05, 0.1) is 35.9 Å². The number of fused-ring (bicyclic) bond motifs is 1. The summed E-state index contributed by atoms with van der Waals surface area (Å²) in [6.07, 6.45) is 3.11. The summed E-state index contributed by atoms with van der Waals surface area (Å²) in [6.45, 7) is 3.56. The standard InChI is InChI=1S/C19H20ClN3O2/c20-16-8-15(9-21-10-16)19(24)22-6-7-23-17(11-22)12-25-13-18(23)14-4-2-1-3-5-14/h1-5,8-10,17-18H,6-7,11-13H2/t17-,18-/m1/s1. The van der Waals surface area contributed by atoms with Crippen LogP contribution in [-0.2, 0) is 4.74 Å². The fourth-order valence-corrected chi connectivity index (χ4v) is 3.87. The monoisotopic (exact) mass is 357 g/mol. The van der Waals surface area contributed by atoms with E-state index < -0.39 is 0 Å². The van der Waals surface area contributed by atoms with Gasteiger partial charge in [-0.2, -0.15) is 0 Å². The third-order valence-electron chi connectivity index (χ3n) is 4.94. The molecule has 0 saturated carbocycles. The Bertz CT molecular complexity index is 755. The van der Waals surface area contributed by atoms with Gasteiger partial charge in [0, 0.05) is 32.0 Å². The molecule has 2 saturated heterocycles. The molecule has 0 N–H and O–H groups in total. The number of hydrogen-bond acceptors (Lipinski definition) is 4. The van der Waals surface area contributed by atoms with Gasteiger partial charge in [-0.15, -0.1) is 0 Å². The maximum absolute atomic E-state index is 12.7. The number of carbonyl (C=O) groups excluding carboxylic acids is 1. The van der Waals surface area contributed by atoms with Crippen LogP contribution in [0.4, 0.5) is 0 Å². The van der Waals surface area contributed by atoms with Crippen LogP contribution in [-0.4, -0.2) is 59.6 Å². The zero-order valence-corrected chi connectivity index (χ0v) is 14.6. The van der Waals surface area contributed by atoms with E-state index in [0.29, 0.717) is 36.9 Å². The number of morpholine rings is 1. The van der Waals surface area contributed by atoms with Crippen molar-refractivity contribution in [1.29, 1.82) is 0 Å². The van der Waals surface area contributed by atoms with Gasteiger partial charge in [0.15, 0.2) is 0 Å². The number of carbonyl (C=O) groups is 1. The molecule has 2 aliphatic heterocycles. The molecule has 0 spiro atoms. The molecule has 0 radical (unpaired) electrons. The molecular formula is C19H20ClN3O2. The Balaban J connectivity index is 1.49. The van der Waals surface area contributed by atoms with Crippen LogP contribution in [0, 0.1) is 0 Å². The topological polar surface area (TPSA) is 45.7 Å². The first-order valence-corrected chi connectivity index (χ1v) is 8.88. The zero-order valence-electron chi connectivity index (χ0n) is 13.8. The van der Waals surface area contributed by atoms with Crippen LogP contribution < -0.4 is 0 Å². The minimum Gasteiger partial charge on any atom is -0.378 e.